The number of fused-ring (bicyclic) bond motifs is 1. The van der Waals surface area contributed by atoms with Crippen LogP contribution in [0.25, 0.3) is 0 Å². The molecule has 3 rings (SSSR count). The van der Waals surface area contributed by atoms with E-state index in [0.29, 0.717) is 17.8 Å². The van der Waals surface area contributed by atoms with Crippen molar-refractivity contribution < 1.29 is 10.2 Å². The molecule has 0 aliphatic heterocycles. The predicted octanol–water partition coefficient (Wildman–Crippen LogP) is 5.09. The molecule has 0 radical (unpaired) electrons. The molecule has 3 nitrogen and oxygen atoms in total. The van der Waals surface area contributed by atoms with Gasteiger partial charge in [-0.05, 0) is 67.6 Å². The molecule has 2 N–H and O–H groups in total. The van der Waals surface area contributed by atoms with Crippen LogP contribution in [0.3, 0.4) is 0 Å². The fraction of sp³-hybridized carbons (Fsp3) is 0.640. The minimum Gasteiger partial charge on any atom is -0.392 e. The smallest absolute Gasteiger partial charge is 0.0723 e. The zero-order chi connectivity index (χ0) is 19.9. The van der Waals surface area contributed by atoms with Crippen LogP contribution in [0, 0.1) is 23.7 Å². The molecule has 0 unspecified atom stereocenters. The molecule has 0 aromatic carbocycles. The number of unbranched alkanes of at least 4 members (excludes halogenated alkanes) is 1. The molecule has 2 aliphatic carbocycles. The first-order valence-electron chi connectivity index (χ1n) is 11.2. The number of aliphatic hydroxyl groups is 2. The van der Waals surface area contributed by atoms with E-state index in [9.17, 15) is 10.2 Å². The second kappa shape index (κ2) is 10.4. The van der Waals surface area contributed by atoms with E-state index in [1.54, 1.807) is 0 Å². The lowest BCUT2D eigenvalue weighted by Crippen LogP contribution is -2.18. The maximum absolute atomic E-state index is 10.5. The molecular weight excluding hydrogens is 346 g/mol. The van der Waals surface area contributed by atoms with Crippen LogP contribution in [-0.4, -0.2) is 27.4 Å². The second-order valence-corrected chi connectivity index (χ2v) is 9.03. The lowest BCUT2D eigenvalue weighted by atomic mass is 9.88. The van der Waals surface area contributed by atoms with Crippen LogP contribution < -0.4 is 0 Å². The van der Waals surface area contributed by atoms with E-state index < -0.39 is 6.10 Å². The van der Waals surface area contributed by atoms with Gasteiger partial charge in [-0.15, -0.1) is 0 Å². The molecular formula is C25H37NO2. The number of aliphatic hydroxyl groups excluding tert-OH is 2. The minimum atomic E-state index is -0.390. The zero-order valence-corrected chi connectivity index (χ0v) is 17.5. The summed E-state index contributed by atoms with van der Waals surface area (Å²) in [6.07, 6.45) is 18.1. The topological polar surface area (TPSA) is 53.4 Å². The molecule has 154 valence electrons. The van der Waals surface area contributed by atoms with Gasteiger partial charge in [0.15, 0.2) is 0 Å². The van der Waals surface area contributed by atoms with Gasteiger partial charge in [0, 0.05) is 18.3 Å². The number of nitrogens with zero attached hydrogens (tertiary/aromatic N) is 1. The SMILES string of the molecule is CCCC[C@H](C)C[C@H](O)C=C[C@@H]1[C@H]2CC(CCc3ccncc3)=C[C@H]2C[C@H]1O. The van der Waals surface area contributed by atoms with Crippen molar-refractivity contribution >= 4 is 0 Å². The number of pyridine rings is 1. The molecule has 0 saturated heterocycles. The average molecular weight is 384 g/mol. The molecule has 6 atom stereocenters. The molecule has 1 saturated carbocycles. The average Bonchev–Trinajstić information content (AvgIpc) is 3.20. The highest BCUT2D eigenvalue weighted by Crippen LogP contribution is 2.48. The van der Waals surface area contributed by atoms with Gasteiger partial charge in [0.1, 0.15) is 0 Å². The Labute approximate surface area is 170 Å². The lowest BCUT2D eigenvalue weighted by molar-refractivity contribution is 0.139. The number of aromatic nitrogens is 1. The molecule has 1 aromatic heterocycles. The maximum atomic E-state index is 10.5. The van der Waals surface area contributed by atoms with E-state index in [2.05, 4.69) is 43.1 Å². The largest absolute Gasteiger partial charge is 0.392 e. The Bertz CT molecular complexity index is 654. The van der Waals surface area contributed by atoms with Crippen LogP contribution in [-0.2, 0) is 6.42 Å². The minimum absolute atomic E-state index is 0.181. The third kappa shape index (κ3) is 5.78. The lowest BCUT2D eigenvalue weighted by Gasteiger charge is -2.19. The van der Waals surface area contributed by atoms with Gasteiger partial charge in [-0.2, -0.15) is 0 Å². The van der Waals surface area contributed by atoms with E-state index in [1.165, 1.54) is 30.4 Å². The summed E-state index contributed by atoms with van der Waals surface area (Å²) in [5.41, 5.74) is 2.87. The van der Waals surface area contributed by atoms with Crippen molar-refractivity contribution in [2.45, 2.75) is 77.4 Å². The molecule has 3 heteroatoms. The van der Waals surface area contributed by atoms with Crippen LogP contribution in [0.5, 0.6) is 0 Å². The van der Waals surface area contributed by atoms with Crippen molar-refractivity contribution in [3.05, 3.63) is 53.9 Å². The van der Waals surface area contributed by atoms with E-state index in [1.807, 2.05) is 18.5 Å². The molecule has 0 amide bonds. The Morgan fingerprint density at radius 2 is 2.04 bits per heavy atom. The first-order valence-corrected chi connectivity index (χ1v) is 11.2. The van der Waals surface area contributed by atoms with Crippen molar-refractivity contribution in [2.24, 2.45) is 23.7 Å². The number of hydrogen-bond acceptors (Lipinski definition) is 3. The van der Waals surface area contributed by atoms with Crippen molar-refractivity contribution in [2.75, 3.05) is 0 Å². The summed E-state index contributed by atoms with van der Waals surface area (Å²) in [6, 6.07) is 4.18. The van der Waals surface area contributed by atoms with Crippen molar-refractivity contribution in [1.29, 1.82) is 0 Å². The number of hydrogen-bond donors (Lipinski definition) is 2. The Morgan fingerprint density at radius 3 is 2.79 bits per heavy atom. The van der Waals surface area contributed by atoms with Crippen LogP contribution in [0.2, 0.25) is 0 Å². The first kappa shape index (κ1) is 21.3. The molecule has 1 fully saturated rings. The zero-order valence-electron chi connectivity index (χ0n) is 17.5. The molecule has 1 aromatic rings. The number of allylic oxidation sites excluding steroid dienone is 2. The van der Waals surface area contributed by atoms with E-state index in [4.69, 9.17) is 0 Å². The van der Waals surface area contributed by atoms with Gasteiger partial charge in [-0.25, -0.2) is 0 Å². The molecule has 28 heavy (non-hydrogen) atoms. The number of rotatable bonds is 10. The summed E-state index contributed by atoms with van der Waals surface area (Å²) in [6.45, 7) is 4.44. The molecule has 0 spiro atoms. The Kier molecular flexibility index (Phi) is 7.87. The summed E-state index contributed by atoms with van der Waals surface area (Å²) in [4.78, 5) is 4.09. The van der Waals surface area contributed by atoms with E-state index in [0.717, 1.165) is 32.1 Å². The highest BCUT2D eigenvalue weighted by molar-refractivity contribution is 5.22. The summed E-state index contributed by atoms with van der Waals surface area (Å²) in [5.74, 6) is 1.73. The standard InChI is InChI=1S/C25H37NO2/c1-3-4-5-18(2)14-22(27)8-9-23-24-16-20(15-21(24)17-25(23)28)7-6-19-10-12-26-13-11-19/h8-13,15,18,21-25,27-28H,3-7,14,16-17H2,1-2H3/t18-,21-,22+,23+,24-,25+/m0/s1. The highest BCUT2D eigenvalue weighted by Gasteiger charge is 2.43. The van der Waals surface area contributed by atoms with Crippen molar-refractivity contribution in [1.82, 2.24) is 4.98 Å². The van der Waals surface area contributed by atoms with Gasteiger partial charge in [-0.1, -0.05) is 56.9 Å². The third-order valence-corrected chi connectivity index (χ3v) is 6.68. The summed E-state index contributed by atoms with van der Waals surface area (Å²) >= 11 is 0. The first-order chi connectivity index (χ1) is 13.6. The Morgan fingerprint density at radius 1 is 1.25 bits per heavy atom. The van der Waals surface area contributed by atoms with E-state index >= 15 is 0 Å². The van der Waals surface area contributed by atoms with Crippen LogP contribution in [0.4, 0.5) is 0 Å². The van der Waals surface area contributed by atoms with Crippen molar-refractivity contribution in [3.63, 3.8) is 0 Å². The van der Waals surface area contributed by atoms with Crippen molar-refractivity contribution in [3.8, 4) is 0 Å². The van der Waals surface area contributed by atoms with Gasteiger partial charge in [0.05, 0.1) is 12.2 Å². The van der Waals surface area contributed by atoms with Gasteiger partial charge < -0.3 is 10.2 Å². The van der Waals surface area contributed by atoms with Gasteiger partial charge in [0.2, 0.25) is 0 Å². The summed E-state index contributed by atoms with van der Waals surface area (Å²) < 4.78 is 0. The quantitative estimate of drug-likeness (QED) is 0.553. The summed E-state index contributed by atoms with van der Waals surface area (Å²) in [5, 5.41) is 20.9. The fourth-order valence-electron chi connectivity index (χ4n) is 5.06. The second-order valence-electron chi connectivity index (χ2n) is 9.03. The fourth-order valence-corrected chi connectivity index (χ4v) is 5.06. The molecule has 1 heterocycles. The normalized spacial score (nSPS) is 29.1. The van der Waals surface area contributed by atoms with Crippen LogP contribution in [0.15, 0.2) is 48.3 Å². The Hall–Kier alpha value is -1.45. The highest BCUT2D eigenvalue weighted by atomic mass is 16.3. The van der Waals surface area contributed by atoms with Gasteiger partial charge >= 0.3 is 0 Å². The van der Waals surface area contributed by atoms with Crippen LogP contribution in [0.1, 0.15) is 64.4 Å². The Balaban J connectivity index is 1.49. The molecule has 0 bridgehead atoms. The molecule has 2 aliphatic rings. The third-order valence-electron chi connectivity index (χ3n) is 6.68. The monoisotopic (exact) mass is 383 g/mol. The van der Waals surface area contributed by atoms with Crippen LogP contribution >= 0.6 is 0 Å². The van der Waals surface area contributed by atoms with Gasteiger partial charge in [-0.3, -0.25) is 4.98 Å². The summed E-state index contributed by atoms with van der Waals surface area (Å²) in [7, 11) is 0. The van der Waals surface area contributed by atoms with E-state index in [-0.39, 0.29) is 12.0 Å². The number of aryl methyl sites for hydroxylation is 1. The maximum Gasteiger partial charge on any atom is 0.0723 e. The predicted molar refractivity (Wildman–Crippen MR) is 115 cm³/mol. The van der Waals surface area contributed by atoms with Gasteiger partial charge in [0.25, 0.3) is 0 Å².